The van der Waals surface area contributed by atoms with Gasteiger partial charge in [0.2, 0.25) is 5.91 Å². The van der Waals surface area contributed by atoms with Crippen LogP contribution in [-0.4, -0.2) is 92.4 Å². The fraction of sp³-hybridized carbons (Fsp3) is 0.958. The SMILES string of the molecule is CC1CCC(F)C2CC(C(=O)NC3CC4CCNCC4C(N4CCN(C)CC4)C3)NC12. The lowest BCUT2D eigenvalue weighted by molar-refractivity contribution is -0.124. The predicted octanol–water partition coefficient (Wildman–Crippen LogP) is 1.22. The molecule has 2 aliphatic carbocycles. The number of rotatable bonds is 3. The molecule has 0 bridgehead atoms. The van der Waals surface area contributed by atoms with E-state index in [0.29, 0.717) is 36.6 Å². The lowest BCUT2D eigenvalue weighted by Crippen LogP contribution is -2.61. The van der Waals surface area contributed by atoms with Crippen molar-refractivity contribution in [1.29, 1.82) is 0 Å². The van der Waals surface area contributed by atoms with E-state index in [0.717, 1.165) is 58.5 Å². The smallest absolute Gasteiger partial charge is 0.237 e. The van der Waals surface area contributed by atoms with Gasteiger partial charge < -0.3 is 20.9 Å². The third-order valence-corrected chi connectivity index (χ3v) is 9.29. The van der Waals surface area contributed by atoms with Crippen molar-refractivity contribution >= 4 is 5.91 Å². The van der Waals surface area contributed by atoms with Gasteiger partial charge in [0.15, 0.2) is 0 Å². The molecular weight excluding hydrogens is 393 g/mol. The van der Waals surface area contributed by atoms with Gasteiger partial charge in [0, 0.05) is 50.2 Å². The maximum absolute atomic E-state index is 14.5. The van der Waals surface area contributed by atoms with Crippen LogP contribution in [0.4, 0.5) is 4.39 Å². The highest BCUT2D eigenvalue weighted by atomic mass is 19.1. The number of piperidine rings is 1. The van der Waals surface area contributed by atoms with Crippen molar-refractivity contribution in [2.45, 2.75) is 75.8 Å². The molecule has 5 rings (SSSR count). The van der Waals surface area contributed by atoms with E-state index in [1.807, 2.05) is 0 Å². The number of fused-ring (bicyclic) bond motifs is 2. The number of nitrogens with one attached hydrogen (secondary N) is 3. The quantitative estimate of drug-likeness (QED) is 0.622. The minimum Gasteiger partial charge on any atom is -0.352 e. The predicted molar refractivity (Wildman–Crippen MR) is 121 cm³/mol. The van der Waals surface area contributed by atoms with Gasteiger partial charge in [-0.25, -0.2) is 4.39 Å². The Kier molecular flexibility index (Phi) is 6.57. The van der Waals surface area contributed by atoms with Crippen LogP contribution >= 0.6 is 0 Å². The van der Waals surface area contributed by atoms with Gasteiger partial charge in [0.1, 0.15) is 6.17 Å². The Morgan fingerprint density at radius 1 is 1.03 bits per heavy atom. The van der Waals surface area contributed by atoms with Crippen LogP contribution < -0.4 is 16.0 Å². The molecule has 3 aliphatic heterocycles. The molecule has 3 saturated heterocycles. The average molecular weight is 436 g/mol. The first-order chi connectivity index (χ1) is 15.0. The summed E-state index contributed by atoms with van der Waals surface area (Å²) in [7, 11) is 2.21. The third-order valence-electron chi connectivity index (χ3n) is 9.29. The zero-order valence-corrected chi connectivity index (χ0v) is 19.4. The van der Waals surface area contributed by atoms with E-state index >= 15 is 0 Å². The van der Waals surface area contributed by atoms with Crippen molar-refractivity contribution in [3.8, 4) is 0 Å². The van der Waals surface area contributed by atoms with Crippen LogP contribution in [0, 0.1) is 23.7 Å². The Hall–Kier alpha value is -0.760. The second kappa shape index (κ2) is 9.24. The van der Waals surface area contributed by atoms with Crippen LogP contribution in [0.1, 0.15) is 45.4 Å². The van der Waals surface area contributed by atoms with Crippen LogP contribution in [0.25, 0.3) is 0 Å². The van der Waals surface area contributed by atoms with E-state index < -0.39 is 6.17 Å². The number of nitrogens with zero attached hydrogens (tertiary/aromatic N) is 2. The van der Waals surface area contributed by atoms with Crippen molar-refractivity contribution in [3.05, 3.63) is 0 Å². The molecule has 6 nitrogen and oxygen atoms in total. The summed E-state index contributed by atoms with van der Waals surface area (Å²) in [5, 5.41) is 10.6. The van der Waals surface area contributed by atoms with Crippen molar-refractivity contribution in [1.82, 2.24) is 25.8 Å². The zero-order chi connectivity index (χ0) is 21.5. The number of amides is 1. The van der Waals surface area contributed by atoms with E-state index in [4.69, 9.17) is 0 Å². The number of hydrogen-bond donors (Lipinski definition) is 3. The van der Waals surface area contributed by atoms with Gasteiger partial charge in [-0.15, -0.1) is 0 Å². The molecule has 0 radical (unpaired) electrons. The average Bonchev–Trinajstić information content (AvgIpc) is 3.24. The van der Waals surface area contributed by atoms with Crippen molar-refractivity contribution < 1.29 is 9.18 Å². The van der Waals surface area contributed by atoms with Gasteiger partial charge in [0.05, 0.1) is 6.04 Å². The summed E-state index contributed by atoms with van der Waals surface area (Å²) in [6.45, 7) is 8.95. The van der Waals surface area contributed by atoms with Crippen LogP contribution in [-0.2, 0) is 4.79 Å². The molecule has 5 aliphatic rings. The molecule has 9 atom stereocenters. The molecule has 0 aromatic heterocycles. The maximum atomic E-state index is 14.5. The summed E-state index contributed by atoms with van der Waals surface area (Å²) in [4.78, 5) is 18.3. The molecule has 7 heteroatoms. The van der Waals surface area contributed by atoms with Gasteiger partial charge >= 0.3 is 0 Å². The Labute approximate surface area is 187 Å². The zero-order valence-electron chi connectivity index (χ0n) is 19.4. The van der Waals surface area contributed by atoms with Crippen molar-refractivity contribution in [2.24, 2.45) is 23.7 Å². The number of carbonyl (C=O) groups is 1. The van der Waals surface area contributed by atoms with E-state index in [1.54, 1.807) is 0 Å². The van der Waals surface area contributed by atoms with E-state index in [9.17, 15) is 9.18 Å². The number of piperazine rings is 1. The molecule has 1 amide bonds. The first-order valence-corrected chi connectivity index (χ1v) is 12.8. The number of halogens is 1. The number of alkyl halides is 1. The number of hydrogen-bond acceptors (Lipinski definition) is 5. The van der Waals surface area contributed by atoms with E-state index in [2.05, 4.69) is 39.7 Å². The molecule has 9 unspecified atom stereocenters. The lowest BCUT2D eigenvalue weighted by atomic mass is 9.70. The first-order valence-electron chi connectivity index (χ1n) is 12.8. The van der Waals surface area contributed by atoms with Crippen molar-refractivity contribution in [3.63, 3.8) is 0 Å². The van der Waals surface area contributed by atoms with Crippen LogP contribution in [0.15, 0.2) is 0 Å². The lowest BCUT2D eigenvalue weighted by Gasteiger charge is -2.50. The molecule has 0 aromatic carbocycles. The monoisotopic (exact) mass is 435 g/mol. The summed E-state index contributed by atoms with van der Waals surface area (Å²) in [5.41, 5.74) is 0. The largest absolute Gasteiger partial charge is 0.352 e. The molecule has 31 heavy (non-hydrogen) atoms. The molecular formula is C24H42FN5O. The molecule has 0 spiro atoms. The van der Waals surface area contributed by atoms with Crippen LogP contribution in [0.5, 0.6) is 0 Å². The fourth-order valence-corrected chi connectivity index (χ4v) is 7.40. The maximum Gasteiger partial charge on any atom is 0.237 e. The second-order valence-electron chi connectivity index (χ2n) is 11.2. The van der Waals surface area contributed by atoms with E-state index in [-0.39, 0.29) is 30.0 Å². The van der Waals surface area contributed by atoms with Gasteiger partial charge in [-0.1, -0.05) is 6.92 Å². The standard InChI is InChI=1S/C24H42FN5O/c1-15-3-4-20(25)18-13-21(28-23(15)18)24(31)27-17-11-16-5-6-26-14-19(16)22(12-17)30-9-7-29(2)8-10-30/h15-23,26,28H,3-14H2,1-2H3,(H,27,31). The third kappa shape index (κ3) is 4.53. The molecule has 0 aromatic rings. The normalized spacial score (nSPS) is 46.9. The van der Waals surface area contributed by atoms with Gasteiger partial charge in [0.25, 0.3) is 0 Å². The fourth-order valence-electron chi connectivity index (χ4n) is 7.40. The van der Waals surface area contributed by atoms with Crippen LogP contribution in [0.3, 0.4) is 0 Å². The minimum atomic E-state index is -0.752. The molecule has 176 valence electrons. The number of likely N-dealkylation sites (N-methyl/N-ethyl adjacent to an activating group) is 1. The molecule has 3 N–H and O–H groups in total. The molecule has 5 fully saturated rings. The molecule has 3 heterocycles. The Balaban J connectivity index is 1.23. The van der Waals surface area contributed by atoms with Gasteiger partial charge in [-0.2, -0.15) is 0 Å². The number of carbonyl (C=O) groups excluding carboxylic acids is 1. The topological polar surface area (TPSA) is 59.6 Å². The van der Waals surface area contributed by atoms with Crippen molar-refractivity contribution in [2.75, 3.05) is 46.3 Å². The Morgan fingerprint density at radius 2 is 1.84 bits per heavy atom. The summed E-state index contributed by atoms with van der Waals surface area (Å²) in [6.07, 6.45) is 4.87. The van der Waals surface area contributed by atoms with E-state index in [1.165, 1.54) is 6.42 Å². The summed E-state index contributed by atoms with van der Waals surface area (Å²) in [6, 6.07) is 0.749. The summed E-state index contributed by atoms with van der Waals surface area (Å²) >= 11 is 0. The minimum absolute atomic E-state index is 0.0118. The highest BCUT2D eigenvalue weighted by Gasteiger charge is 2.47. The Bertz CT molecular complexity index is 623. The van der Waals surface area contributed by atoms with Gasteiger partial charge in [-0.3, -0.25) is 9.69 Å². The Morgan fingerprint density at radius 3 is 2.61 bits per heavy atom. The summed E-state index contributed by atoms with van der Waals surface area (Å²) in [5.74, 6) is 1.98. The second-order valence-corrected chi connectivity index (χ2v) is 11.2. The molecule has 2 saturated carbocycles. The highest BCUT2D eigenvalue weighted by Crippen LogP contribution is 2.40. The first kappa shape index (κ1) is 22.1. The van der Waals surface area contributed by atoms with Gasteiger partial charge in [-0.05, 0) is 76.4 Å². The summed E-state index contributed by atoms with van der Waals surface area (Å²) < 4.78 is 14.5. The van der Waals surface area contributed by atoms with Crippen LogP contribution in [0.2, 0.25) is 0 Å². The highest BCUT2D eigenvalue weighted by molar-refractivity contribution is 5.82.